The van der Waals surface area contributed by atoms with E-state index in [1.165, 1.54) is 44.9 Å². The fraction of sp³-hybridized carbons (Fsp3) is 0.938. The van der Waals surface area contributed by atoms with Crippen LogP contribution in [-0.2, 0) is 4.79 Å². The Morgan fingerprint density at radius 2 is 1.79 bits per heavy atom. The minimum Gasteiger partial charge on any atom is -0.355 e. The van der Waals surface area contributed by atoms with Gasteiger partial charge in [-0.25, -0.2) is 0 Å². The van der Waals surface area contributed by atoms with E-state index in [1.54, 1.807) is 0 Å². The molecule has 0 radical (unpaired) electrons. The molecule has 0 aliphatic heterocycles. The first-order chi connectivity index (χ1) is 9.15. The highest BCUT2D eigenvalue weighted by Crippen LogP contribution is 2.37. The van der Waals surface area contributed by atoms with Crippen LogP contribution in [0.3, 0.4) is 0 Å². The van der Waals surface area contributed by atoms with Crippen LogP contribution in [0.1, 0.15) is 64.7 Å². The van der Waals surface area contributed by atoms with Gasteiger partial charge in [0.15, 0.2) is 0 Å². The molecule has 0 bridgehead atoms. The van der Waals surface area contributed by atoms with Crippen LogP contribution in [0.25, 0.3) is 0 Å². The van der Waals surface area contributed by atoms with E-state index >= 15 is 0 Å². The molecule has 0 spiro atoms. The Balaban J connectivity index is 1.78. The molecule has 2 fully saturated rings. The number of carbonyl (C=O) groups excluding carboxylic acids is 1. The predicted octanol–water partition coefficient (Wildman–Crippen LogP) is 4.12. The standard InChI is InChI=1S/C16H28ClNO/c1-13-5-7-14(8-6-13)15(19)18-12-16(11-17)9-3-2-4-10-16/h13-14H,2-12H2,1H3,(H,18,19). The molecule has 1 N–H and O–H groups in total. The molecule has 19 heavy (non-hydrogen) atoms. The highest BCUT2D eigenvalue weighted by molar-refractivity contribution is 6.18. The molecule has 0 heterocycles. The average molecular weight is 286 g/mol. The maximum absolute atomic E-state index is 12.3. The zero-order chi connectivity index (χ0) is 13.7. The second-order valence-corrected chi connectivity index (χ2v) is 7.14. The maximum atomic E-state index is 12.3. The maximum Gasteiger partial charge on any atom is 0.223 e. The van der Waals surface area contributed by atoms with E-state index < -0.39 is 0 Å². The number of alkyl halides is 1. The van der Waals surface area contributed by atoms with Crippen LogP contribution in [0.4, 0.5) is 0 Å². The van der Waals surface area contributed by atoms with Gasteiger partial charge >= 0.3 is 0 Å². The van der Waals surface area contributed by atoms with Gasteiger partial charge in [-0.05, 0) is 44.4 Å². The highest BCUT2D eigenvalue weighted by atomic mass is 35.5. The highest BCUT2D eigenvalue weighted by Gasteiger charge is 2.32. The summed E-state index contributed by atoms with van der Waals surface area (Å²) in [5.41, 5.74) is 0.178. The van der Waals surface area contributed by atoms with E-state index in [2.05, 4.69) is 12.2 Å². The first-order valence-electron chi connectivity index (χ1n) is 7.99. The van der Waals surface area contributed by atoms with Gasteiger partial charge < -0.3 is 5.32 Å². The smallest absolute Gasteiger partial charge is 0.223 e. The van der Waals surface area contributed by atoms with Crippen LogP contribution in [0.2, 0.25) is 0 Å². The molecule has 0 saturated heterocycles. The minimum absolute atomic E-state index is 0.178. The van der Waals surface area contributed by atoms with Crippen molar-refractivity contribution in [2.75, 3.05) is 12.4 Å². The number of amides is 1. The van der Waals surface area contributed by atoms with Crippen molar-refractivity contribution in [3.05, 3.63) is 0 Å². The van der Waals surface area contributed by atoms with E-state index in [4.69, 9.17) is 11.6 Å². The van der Waals surface area contributed by atoms with Gasteiger partial charge in [0.25, 0.3) is 0 Å². The van der Waals surface area contributed by atoms with Crippen molar-refractivity contribution in [3.8, 4) is 0 Å². The Morgan fingerprint density at radius 3 is 2.37 bits per heavy atom. The van der Waals surface area contributed by atoms with E-state index in [1.807, 2.05) is 0 Å². The molecule has 2 aliphatic carbocycles. The summed E-state index contributed by atoms with van der Waals surface area (Å²) in [6.07, 6.45) is 10.8. The Morgan fingerprint density at radius 1 is 1.16 bits per heavy atom. The van der Waals surface area contributed by atoms with E-state index in [-0.39, 0.29) is 17.2 Å². The molecule has 0 unspecified atom stereocenters. The summed E-state index contributed by atoms with van der Waals surface area (Å²) in [7, 11) is 0. The van der Waals surface area contributed by atoms with Gasteiger partial charge in [0.1, 0.15) is 0 Å². The summed E-state index contributed by atoms with van der Waals surface area (Å²) in [5.74, 6) is 2.03. The predicted molar refractivity (Wildman–Crippen MR) is 80.4 cm³/mol. The largest absolute Gasteiger partial charge is 0.355 e. The molecule has 3 heteroatoms. The van der Waals surface area contributed by atoms with Crippen molar-refractivity contribution in [3.63, 3.8) is 0 Å². The zero-order valence-electron chi connectivity index (χ0n) is 12.2. The molecular formula is C16H28ClNO. The topological polar surface area (TPSA) is 29.1 Å². The number of halogens is 1. The van der Waals surface area contributed by atoms with Crippen LogP contribution < -0.4 is 5.32 Å². The van der Waals surface area contributed by atoms with Crippen molar-refractivity contribution in [1.29, 1.82) is 0 Å². The SMILES string of the molecule is CC1CCC(C(=O)NCC2(CCl)CCCCC2)CC1. The van der Waals surface area contributed by atoms with Crippen molar-refractivity contribution >= 4 is 17.5 Å². The lowest BCUT2D eigenvalue weighted by molar-refractivity contribution is -0.126. The lowest BCUT2D eigenvalue weighted by atomic mass is 9.75. The molecule has 2 aliphatic rings. The van der Waals surface area contributed by atoms with Crippen molar-refractivity contribution in [1.82, 2.24) is 5.32 Å². The van der Waals surface area contributed by atoms with Crippen LogP contribution in [0.15, 0.2) is 0 Å². The van der Waals surface area contributed by atoms with Crippen LogP contribution in [0.5, 0.6) is 0 Å². The van der Waals surface area contributed by atoms with E-state index in [0.717, 1.165) is 25.3 Å². The van der Waals surface area contributed by atoms with Crippen molar-refractivity contribution in [2.24, 2.45) is 17.3 Å². The van der Waals surface area contributed by atoms with Gasteiger partial charge in [0.05, 0.1) is 0 Å². The summed E-state index contributed by atoms with van der Waals surface area (Å²) >= 11 is 6.17. The fourth-order valence-electron chi connectivity index (χ4n) is 3.60. The first kappa shape index (κ1) is 15.2. The number of hydrogen-bond donors (Lipinski definition) is 1. The number of rotatable bonds is 4. The van der Waals surface area contributed by atoms with Crippen LogP contribution in [0, 0.1) is 17.3 Å². The summed E-state index contributed by atoms with van der Waals surface area (Å²) in [6.45, 7) is 3.08. The number of nitrogens with one attached hydrogen (secondary N) is 1. The molecule has 110 valence electrons. The van der Waals surface area contributed by atoms with Crippen molar-refractivity contribution in [2.45, 2.75) is 64.7 Å². The molecule has 2 nitrogen and oxygen atoms in total. The molecule has 2 saturated carbocycles. The molecule has 0 aromatic carbocycles. The van der Waals surface area contributed by atoms with Crippen LogP contribution in [-0.4, -0.2) is 18.3 Å². The summed E-state index contributed by atoms with van der Waals surface area (Å²) in [6, 6.07) is 0. The number of hydrogen-bond acceptors (Lipinski definition) is 1. The van der Waals surface area contributed by atoms with Gasteiger partial charge in [-0.1, -0.05) is 26.2 Å². The summed E-state index contributed by atoms with van der Waals surface area (Å²) < 4.78 is 0. The molecule has 1 amide bonds. The second-order valence-electron chi connectivity index (χ2n) is 6.87. The molecule has 0 atom stereocenters. The van der Waals surface area contributed by atoms with E-state index in [0.29, 0.717) is 5.88 Å². The van der Waals surface area contributed by atoms with E-state index in [9.17, 15) is 4.79 Å². The first-order valence-corrected chi connectivity index (χ1v) is 8.52. The monoisotopic (exact) mass is 285 g/mol. The van der Waals surface area contributed by atoms with Gasteiger partial charge in [-0.2, -0.15) is 0 Å². The third kappa shape index (κ3) is 4.11. The zero-order valence-corrected chi connectivity index (χ0v) is 13.0. The number of carbonyl (C=O) groups is 1. The molecular weight excluding hydrogens is 258 g/mol. The van der Waals surface area contributed by atoms with Gasteiger partial charge in [0.2, 0.25) is 5.91 Å². The molecule has 0 aromatic rings. The Bertz CT molecular complexity index is 291. The van der Waals surface area contributed by atoms with Crippen LogP contribution >= 0.6 is 11.6 Å². The fourth-order valence-corrected chi connectivity index (χ4v) is 3.96. The lowest BCUT2D eigenvalue weighted by Crippen LogP contribution is -2.43. The second kappa shape index (κ2) is 6.97. The Kier molecular flexibility index (Phi) is 5.56. The lowest BCUT2D eigenvalue weighted by Gasteiger charge is -2.36. The summed E-state index contributed by atoms with van der Waals surface area (Å²) in [5, 5.41) is 3.21. The third-order valence-electron chi connectivity index (χ3n) is 5.22. The minimum atomic E-state index is 0.178. The Hall–Kier alpha value is -0.240. The van der Waals surface area contributed by atoms with Gasteiger partial charge in [0, 0.05) is 23.8 Å². The quantitative estimate of drug-likeness (QED) is 0.774. The molecule has 0 aromatic heterocycles. The third-order valence-corrected chi connectivity index (χ3v) is 5.79. The van der Waals surface area contributed by atoms with Crippen molar-refractivity contribution < 1.29 is 4.79 Å². The molecule has 2 rings (SSSR count). The normalized spacial score (nSPS) is 30.8. The average Bonchev–Trinajstić information content (AvgIpc) is 2.46. The van der Waals surface area contributed by atoms with Gasteiger partial charge in [-0.15, -0.1) is 11.6 Å². The van der Waals surface area contributed by atoms with Gasteiger partial charge in [-0.3, -0.25) is 4.79 Å². The Labute approximate surface area is 122 Å². The summed E-state index contributed by atoms with van der Waals surface area (Å²) in [4.78, 5) is 12.3.